The molecule has 0 spiro atoms. The maximum Gasteiger partial charge on any atom is 0.309 e. The van der Waals surface area contributed by atoms with Gasteiger partial charge < -0.3 is 5.11 Å². The van der Waals surface area contributed by atoms with Crippen LogP contribution in [0.4, 0.5) is 0 Å². The summed E-state index contributed by atoms with van der Waals surface area (Å²) in [5.41, 5.74) is -1.05. The molecular weight excluding hydrogens is 268 g/mol. The molecule has 0 amide bonds. The van der Waals surface area contributed by atoms with Crippen LogP contribution < -0.4 is 0 Å². The van der Waals surface area contributed by atoms with Crippen LogP contribution in [0.15, 0.2) is 0 Å². The Morgan fingerprint density at radius 1 is 1.26 bits per heavy atom. The molecule has 0 aromatic carbocycles. The van der Waals surface area contributed by atoms with E-state index < -0.39 is 31.9 Å². The summed E-state index contributed by atoms with van der Waals surface area (Å²) in [7, 11) is -3.26. The SMILES string of the molecule is CC1(C)C(C2(C(=O)O)CCC(=O)CC2)CCS1(=O)=O. The molecule has 1 N–H and O–H groups in total. The van der Waals surface area contributed by atoms with E-state index in [1.165, 1.54) is 0 Å². The van der Waals surface area contributed by atoms with Crippen molar-refractivity contribution < 1.29 is 23.1 Å². The monoisotopic (exact) mass is 288 g/mol. The molecule has 1 saturated carbocycles. The Kier molecular flexibility index (Phi) is 3.28. The maximum atomic E-state index is 12.1. The van der Waals surface area contributed by atoms with Gasteiger partial charge in [0.2, 0.25) is 0 Å². The van der Waals surface area contributed by atoms with Gasteiger partial charge in [-0.05, 0) is 39.0 Å². The standard InChI is InChI=1S/C13H20O5S/c1-12(2)10(5-8-19(12,17)18)13(11(15)16)6-3-9(14)4-7-13/h10H,3-8H2,1-2H3,(H,15,16). The Morgan fingerprint density at radius 3 is 2.16 bits per heavy atom. The van der Waals surface area contributed by atoms with Crippen LogP contribution >= 0.6 is 0 Å². The lowest BCUT2D eigenvalue weighted by atomic mass is 9.61. The number of carbonyl (C=O) groups excluding carboxylic acids is 1. The third kappa shape index (κ3) is 2.00. The minimum Gasteiger partial charge on any atom is -0.481 e. The molecule has 1 saturated heterocycles. The van der Waals surface area contributed by atoms with Crippen molar-refractivity contribution in [1.29, 1.82) is 0 Å². The number of sulfone groups is 1. The van der Waals surface area contributed by atoms with E-state index >= 15 is 0 Å². The lowest BCUT2D eigenvalue weighted by Gasteiger charge is -2.42. The van der Waals surface area contributed by atoms with E-state index in [0.29, 0.717) is 6.42 Å². The van der Waals surface area contributed by atoms with Gasteiger partial charge >= 0.3 is 5.97 Å². The highest BCUT2D eigenvalue weighted by Gasteiger charge is 2.60. The van der Waals surface area contributed by atoms with Gasteiger partial charge in [-0.25, -0.2) is 8.42 Å². The molecule has 2 aliphatic rings. The number of hydrogen-bond donors (Lipinski definition) is 1. The number of carboxylic acid groups (broad SMARTS) is 1. The fourth-order valence-electron chi connectivity index (χ4n) is 3.73. The first kappa shape index (κ1) is 14.5. The van der Waals surface area contributed by atoms with E-state index in [0.717, 1.165) is 0 Å². The largest absolute Gasteiger partial charge is 0.481 e. The smallest absolute Gasteiger partial charge is 0.309 e. The van der Waals surface area contributed by atoms with Crippen molar-refractivity contribution in [2.75, 3.05) is 5.75 Å². The highest BCUT2D eigenvalue weighted by molar-refractivity contribution is 7.93. The van der Waals surface area contributed by atoms with Gasteiger partial charge in [0.05, 0.1) is 15.9 Å². The van der Waals surface area contributed by atoms with Crippen molar-refractivity contribution in [2.24, 2.45) is 11.3 Å². The summed E-state index contributed by atoms with van der Waals surface area (Å²) in [5.74, 6) is -1.23. The van der Waals surface area contributed by atoms with Gasteiger partial charge in [-0.1, -0.05) is 0 Å². The molecule has 19 heavy (non-hydrogen) atoms. The van der Waals surface area contributed by atoms with Crippen molar-refractivity contribution in [2.45, 2.75) is 50.7 Å². The zero-order valence-corrected chi connectivity index (χ0v) is 12.1. The van der Waals surface area contributed by atoms with Crippen LogP contribution in [0.3, 0.4) is 0 Å². The normalized spacial score (nSPS) is 32.1. The molecule has 0 aromatic heterocycles. The summed E-state index contributed by atoms with van der Waals surface area (Å²) in [5, 5.41) is 9.63. The van der Waals surface area contributed by atoms with Crippen LogP contribution in [0.5, 0.6) is 0 Å². The maximum absolute atomic E-state index is 12.1. The van der Waals surface area contributed by atoms with Crippen LogP contribution in [0.25, 0.3) is 0 Å². The Bertz CT molecular complexity index is 507. The van der Waals surface area contributed by atoms with Crippen molar-refractivity contribution >= 4 is 21.6 Å². The number of Topliss-reactive ketones (excluding diaryl/α,β-unsaturated/α-hetero) is 1. The molecule has 2 rings (SSSR count). The quantitative estimate of drug-likeness (QED) is 0.830. The molecule has 1 unspecified atom stereocenters. The lowest BCUT2D eigenvalue weighted by molar-refractivity contribution is -0.157. The third-order valence-corrected chi connectivity index (χ3v) is 7.77. The van der Waals surface area contributed by atoms with Crippen LogP contribution in [0.1, 0.15) is 46.0 Å². The number of hydrogen-bond acceptors (Lipinski definition) is 4. The summed E-state index contributed by atoms with van der Waals surface area (Å²) in [6, 6.07) is 0. The molecule has 1 aliphatic heterocycles. The van der Waals surface area contributed by atoms with Crippen molar-refractivity contribution in [3.63, 3.8) is 0 Å². The number of carboxylic acids is 1. The summed E-state index contributed by atoms with van der Waals surface area (Å²) in [6.45, 7) is 3.25. The van der Waals surface area contributed by atoms with E-state index in [1.807, 2.05) is 0 Å². The van der Waals surface area contributed by atoms with Crippen molar-refractivity contribution in [1.82, 2.24) is 0 Å². The highest BCUT2D eigenvalue weighted by atomic mass is 32.2. The van der Waals surface area contributed by atoms with Crippen LogP contribution in [-0.4, -0.2) is 35.8 Å². The average molecular weight is 288 g/mol. The molecule has 1 aliphatic carbocycles. The summed E-state index contributed by atoms with van der Waals surface area (Å²) >= 11 is 0. The van der Waals surface area contributed by atoms with Gasteiger partial charge in [0.15, 0.2) is 9.84 Å². The summed E-state index contributed by atoms with van der Waals surface area (Å²) < 4.78 is 23.2. The van der Waals surface area contributed by atoms with Gasteiger partial charge in [0, 0.05) is 12.8 Å². The topological polar surface area (TPSA) is 88.5 Å². The predicted molar refractivity (Wildman–Crippen MR) is 69.5 cm³/mol. The number of aliphatic carboxylic acids is 1. The Labute approximate surface area is 113 Å². The molecule has 0 bridgehead atoms. The van der Waals surface area contributed by atoms with Crippen LogP contribution in [-0.2, 0) is 19.4 Å². The minimum atomic E-state index is -3.26. The molecule has 0 aromatic rings. The molecule has 108 valence electrons. The fraction of sp³-hybridized carbons (Fsp3) is 0.846. The zero-order valence-electron chi connectivity index (χ0n) is 11.3. The number of carbonyl (C=O) groups is 2. The first-order valence-electron chi connectivity index (χ1n) is 6.61. The summed E-state index contributed by atoms with van der Waals surface area (Å²) in [4.78, 5) is 23.1. The molecule has 2 fully saturated rings. The molecule has 1 heterocycles. The second kappa shape index (κ2) is 4.30. The zero-order chi connectivity index (χ0) is 14.5. The summed E-state index contributed by atoms with van der Waals surface area (Å²) in [6.07, 6.45) is 1.42. The van der Waals surface area contributed by atoms with Crippen LogP contribution in [0.2, 0.25) is 0 Å². The van der Waals surface area contributed by atoms with E-state index in [1.54, 1.807) is 13.8 Å². The predicted octanol–water partition coefficient (Wildman–Crippen LogP) is 1.41. The van der Waals surface area contributed by atoms with Gasteiger partial charge in [0.25, 0.3) is 0 Å². The number of ketones is 1. The second-order valence-corrected chi connectivity index (χ2v) is 8.95. The molecule has 0 radical (unpaired) electrons. The Balaban J connectivity index is 2.42. The fourth-order valence-corrected chi connectivity index (χ4v) is 5.58. The second-order valence-electron chi connectivity index (χ2n) is 6.26. The van der Waals surface area contributed by atoms with Gasteiger partial charge in [-0.3, -0.25) is 9.59 Å². The van der Waals surface area contributed by atoms with E-state index in [9.17, 15) is 23.1 Å². The van der Waals surface area contributed by atoms with Crippen molar-refractivity contribution in [3.05, 3.63) is 0 Å². The number of rotatable bonds is 2. The molecule has 1 atom stereocenters. The van der Waals surface area contributed by atoms with Crippen molar-refractivity contribution in [3.8, 4) is 0 Å². The molecular formula is C13H20O5S. The first-order chi connectivity index (χ1) is 8.63. The lowest BCUT2D eigenvalue weighted by Crippen LogP contribution is -2.50. The van der Waals surface area contributed by atoms with E-state index in [-0.39, 0.29) is 37.2 Å². The average Bonchev–Trinajstić information content (AvgIpc) is 2.51. The minimum absolute atomic E-state index is 0.0492. The highest BCUT2D eigenvalue weighted by Crippen LogP contribution is 2.53. The Morgan fingerprint density at radius 2 is 1.79 bits per heavy atom. The van der Waals surface area contributed by atoms with Crippen LogP contribution in [0, 0.1) is 11.3 Å². The van der Waals surface area contributed by atoms with E-state index in [4.69, 9.17) is 0 Å². The molecule has 6 heteroatoms. The Hall–Kier alpha value is -0.910. The van der Waals surface area contributed by atoms with Gasteiger partial charge in [-0.15, -0.1) is 0 Å². The van der Waals surface area contributed by atoms with Gasteiger partial charge in [-0.2, -0.15) is 0 Å². The third-order valence-electron chi connectivity index (χ3n) is 5.11. The first-order valence-corrected chi connectivity index (χ1v) is 8.26. The van der Waals surface area contributed by atoms with E-state index in [2.05, 4.69) is 0 Å². The molecule has 5 nitrogen and oxygen atoms in total. The van der Waals surface area contributed by atoms with Gasteiger partial charge in [0.1, 0.15) is 5.78 Å².